The van der Waals surface area contributed by atoms with Crippen LogP contribution in [0.25, 0.3) is 0 Å². The number of rotatable bonds is 4. The topological polar surface area (TPSA) is 64.4 Å². The maximum Gasteiger partial charge on any atom is 0.335 e. The normalized spacial score (nSPS) is 10.6. The molecule has 0 bridgehead atoms. The van der Waals surface area contributed by atoms with Crippen molar-refractivity contribution < 1.29 is 14.6 Å². The van der Waals surface area contributed by atoms with Gasteiger partial charge in [0.25, 0.3) is 0 Å². The van der Waals surface area contributed by atoms with Crippen molar-refractivity contribution in [3.63, 3.8) is 0 Å². The molecule has 0 aliphatic carbocycles. The van der Waals surface area contributed by atoms with Gasteiger partial charge < -0.3 is 9.84 Å². The first kappa shape index (κ1) is 14.7. The third-order valence-corrected chi connectivity index (χ3v) is 3.59. The van der Waals surface area contributed by atoms with Gasteiger partial charge in [0.05, 0.1) is 16.3 Å². The van der Waals surface area contributed by atoms with Crippen molar-refractivity contribution in [2.24, 2.45) is 7.05 Å². The first-order valence-corrected chi connectivity index (χ1v) is 6.49. The van der Waals surface area contributed by atoms with Gasteiger partial charge in [0.1, 0.15) is 17.5 Å². The Kier molecular flexibility index (Phi) is 4.20. The summed E-state index contributed by atoms with van der Waals surface area (Å²) in [5.41, 5.74) is 1.65. The summed E-state index contributed by atoms with van der Waals surface area (Å²) in [6.45, 7) is 2.05. The molecule has 5 nitrogen and oxygen atoms in total. The Morgan fingerprint density at radius 3 is 2.65 bits per heavy atom. The lowest BCUT2D eigenvalue weighted by atomic mass is 10.2. The Morgan fingerprint density at radius 1 is 1.45 bits per heavy atom. The molecule has 0 saturated carbocycles. The summed E-state index contributed by atoms with van der Waals surface area (Å²) in [7, 11) is 1.74. The Hall–Kier alpha value is -1.72. The minimum absolute atomic E-state index is 0.109. The highest BCUT2D eigenvalue weighted by atomic mass is 35.5. The fourth-order valence-corrected chi connectivity index (χ4v) is 2.20. The first-order valence-electron chi connectivity index (χ1n) is 5.73. The number of carbonyl (C=O) groups is 1. The van der Waals surface area contributed by atoms with E-state index in [1.54, 1.807) is 11.7 Å². The van der Waals surface area contributed by atoms with E-state index in [0.717, 1.165) is 11.3 Å². The summed E-state index contributed by atoms with van der Waals surface area (Å²) in [5, 5.41) is 13.8. The fourth-order valence-electron chi connectivity index (χ4n) is 1.74. The smallest absolute Gasteiger partial charge is 0.335 e. The molecule has 0 aliphatic heterocycles. The van der Waals surface area contributed by atoms with Crippen molar-refractivity contribution in [3.8, 4) is 5.75 Å². The monoisotopic (exact) mass is 314 g/mol. The van der Waals surface area contributed by atoms with Gasteiger partial charge in [-0.25, -0.2) is 4.79 Å². The molecule has 1 heterocycles. The van der Waals surface area contributed by atoms with Crippen LogP contribution in [-0.2, 0) is 13.7 Å². The highest BCUT2D eigenvalue weighted by Crippen LogP contribution is 2.28. The van der Waals surface area contributed by atoms with Crippen LogP contribution in [-0.4, -0.2) is 20.9 Å². The third kappa shape index (κ3) is 2.89. The number of aromatic nitrogens is 2. The quantitative estimate of drug-likeness (QED) is 0.940. The van der Waals surface area contributed by atoms with E-state index in [1.165, 1.54) is 18.2 Å². The van der Waals surface area contributed by atoms with Crippen LogP contribution in [0, 0.1) is 6.92 Å². The van der Waals surface area contributed by atoms with Crippen LogP contribution >= 0.6 is 23.2 Å². The zero-order valence-corrected chi connectivity index (χ0v) is 12.4. The summed E-state index contributed by atoms with van der Waals surface area (Å²) in [5.74, 6) is -0.638. The number of aryl methyl sites for hydroxylation is 2. The van der Waals surface area contributed by atoms with Crippen LogP contribution in [0.15, 0.2) is 18.2 Å². The van der Waals surface area contributed by atoms with E-state index in [2.05, 4.69) is 5.10 Å². The van der Waals surface area contributed by atoms with Gasteiger partial charge in [-0.15, -0.1) is 0 Å². The van der Waals surface area contributed by atoms with E-state index in [4.69, 9.17) is 33.0 Å². The number of hydrogen-bond donors (Lipinski definition) is 1. The Bertz CT molecular complexity index is 668. The van der Waals surface area contributed by atoms with Crippen LogP contribution in [0.2, 0.25) is 10.2 Å². The SMILES string of the molecule is Cc1nn(C)c(Cl)c1COc1ccc(C(=O)O)cc1Cl. The molecule has 0 amide bonds. The number of aromatic carboxylic acids is 1. The van der Waals surface area contributed by atoms with Crippen molar-refractivity contribution in [2.75, 3.05) is 0 Å². The predicted octanol–water partition coefficient (Wildman–Crippen LogP) is 3.31. The summed E-state index contributed by atoms with van der Waals surface area (Å²) in [6, 6.07) is 4.30. The fraction of sp³-hybridized carbons (Fsp3) is 0.231. The summed E-state index contributed by atoms with van der Waals surface area (Å²) < 4.78 is 7.13. The lowest BCUT2D eigenvalue weighted by Crippen LogP contribution is -2.00. The van der Waals surface area contributed by atoms with E-state index < -0.39 is 5.97 Å². The summed E-state index contributed by atoms with van der Waals surface area (Å²) in [6.07, 6.45) is 0. The molecule has 106 valence electrons. The number of hydrogen-bond acceptors (Lipinski definition) is 3. The largest absolute Gasteiger partial charge is 0.487 e. The standard InChI is InChI=1S/C13H12Cl2N2O3/c1-7-9(12(15)17(2)16-7)6-20-11-4-3-8(13(18)19)5-10(11)14/h3-5H,6H2,1-2H3,(H,18,19). The van der Waals surface area contributed by atoms with Crippen molar-refractivity contribution in [1.82, 2.24) is 9.78 Å². The van der Waals surface area contributed by atoms with Gasteiger partial charge in [0, 0.05) is 12.6 Å². The lowest BCUT2D eigenvalue weighted by molar-refractivity contribution is 0.0697. The van der Waals surface area contributed by atoms with Gasteiger partial charge in [0.15, 0.2) is 0 Å². The molecule has 0 saturated heterocycles. The van der Waals surface area contributed by atoms with E-state index in [9.17, 15) is 4.79 Å². The molecule has 0 spiro atoms. The van der Waals surface area contributed by atoms with Gasteiger partial charge >= 0.3 is 5.97 Å². The van der Waals surface area contributed by atoms with E-state index in [-0.39, 0.29) is 17.2 Å². The van der Waals surface area contributed by atoms with Crippen molar-refractivity contribution in [3.05, 3.63) is 45.2 Å². The maximum atomic E-state index is 10.8. The number of nitrogens with zero attached hydrogens (tertiary/aromatic N) is 2. The van der Waals surface area contributed by atoms with E-state index in [0.29, 0.717) is 10.9 Å². The Labute approximate surface area is 125 Å². The molecule has 1 aromatic heterocycles. The van der Waals surface area contributed by atoms with E-state index in [1.807, 2.05) is 6.92 Å². The van der Waals surface area contributed by atoms with E-state index >= 15 is 0 Å². The van der Waals surface area contributed by atoms with Crippen molar-refractivity contribution >= 4 is 29.2 Å². The number of carboxylic acids is 1. The van der Waals surface area contributed by atoms with Crippen LogP contribution in [0.1, 0.15) is 21.6 Å². The zero-order valence-electron chi connectivity index (χ0n) is 10.9. The molecule has 0 atom stereocenters. The molecular weight excluding hydrogens is 303 g/mol. The van der Waals surface area contributed by atoms with Gasteiger partial charge in [-0.05, 0) is 25.1 Å². The molecule has 7 heteroatoms. The molecule has 20 heavy (non-hydrogen) atoms. The molecule has 0 aliphatic rings. The second kappa shape index (κ2) is 5.73. The van der Waals surface area contributed by atoms with Crippen molar-refractivity contribution in [1.29, 1.82) is 0 Å². The van der Waals surface area contributed by atoms with Crippen molar-refractivity contribution in [2.45, 2.75) is 13.5 Å². The van der Waals surface area contributed by atoms with Crippen LogP contribution in [0.3, 0.4) is 0 Å². The molecule has 1 aromatic carbocycles. The van der Waals surface area contributed by atoms with Crippen LogP contribution in [0.5, 0.6) is 5.75 Å². The second-order valence-corrected chi connectivity index (χ2v) is 4.98. The van der Waals surface area contributed by atoms with Gasteiger partial charge in [-0.1, -0.05) is 23.2 Å². The first-order chi connectivity index (χ1) is 9.40. The van der Waals surface area contributed by atoms with Crippen LogP contribution < -0.4 is 4.74 Å². The molecule has 2 rings (SSSR count). The minimum Gasteiger partial charge on any atom is -0.487 e. The third-order valence-electron chi connectivity index (χ3n) is 2.82. The molecule has 0 radical (unpaired) electrons. The minimum atomic E-state index is -1.04. The average Bonchev–Trinajstić information content (AvgIpc) is 2.62. The molecule has 0 unspecified atom stereocenters. The van der Waals surface area contributed by atoms with Crippen LogP contribution in [0.4, 0.5) is 0 Å². The Balaban J connectivity index is 2.17. The Morgan fingerprint density at radius 2 is 2.15 bits per heavy atom. The highest BCUT2D eigenvalue weighted by Gasteiger charge is 2.13. The molecular formula is C13H12Cl2N2O3. The number of carboxylic acid groups (broad SMARTS) is 1. The second-order valence-electron chi connectivity index (χ2n) is 4.22. The summed E-state index contributed by atoms with van der Waals surface area (Å²) >= 11 is 12.1. The lowest BCUT2D eigenvalue weighted by Gasteiger charge is -2.08. The number of ether oxygens (including phenoxy) is 1. The molecule has 0 fully saturated rings. The van der Waals surface area contributed by atoms with Gasteiger partial charge in [-0.3, -0.25) is 4.68 Å². The molecule has 2 aromatic rings. The zero-order chi connectivity index (χ0) is 14.9. The van der Waals surface area contributed by atoms with Gasteiger partial charge in [0.2, 0.25) is 0 Å². The highest BCUT2D eigenvalue weighted by molar-refractivity contribution is 6.32. The summed E-state index contributed by atoms with van der Waals surface area (Å²) in [4.78, 5) is 10.8. The maximum absolute atomic E-state index is 10.8. The average molecular weight is 315 g/mol. The predicted molar refractivity (Wildman–Crippen MR) is 75.7 cm³/mol. The van der Waals surface area contributed by atoms with Gasteiger partial charge in [-0.2, -0.15) is 5.10 Å². The molecule has 1 N–H and O–H groups in total. The number of benzene rings is 1. The number of halogens is 2.